The molecule has 3 N–H and O–H groups in total. The molecule has 0 aliphatic carbocycles. The Bertz CT molecular complexity index is 1200. The Morgan fingerprint density at radius 1 is 1.52 bits per heavy atom. The van der Waals surface area contributed by atoms with Crippen LogP contribution in [0.1, 0.15) is 32.3 Å². The van der Waals surface area contributed by atoms with Gasteiger partial charge in [-0.2, -0.15) is 5.26 Å². The van der Waals surface area contributed by atoms with Crippen LogP contribution in [0.3, 0.4) is 0 Å². The van der Waals surface area contributed by atoms with Gasteiger partial charge in [-0.25, -0.2) is 14.4 Å². The Balaban J connectivity index is 2.12. The van der Waals surface area contributed by atoms with E-state index in [0.717, 1.165) is 6.07 Å². The van der Waals surface area contributed by atoms with E-state index in [4.69, 9.17) is 11.6 Å². The minimum Gasteiger partial charge on any atom is -0.481 e. The fraction of sp³-hybridized carbons (Fsp3) is 0.273. The zero-order valence-electron chi connectivity index (χ0n) is 17.0. The molecule has 3 rings (SSSR count). The molecular weight excluding hydrogens is 421 g/mol. The Morgan fingerprint density at radius 3 is 2.90 bits per heavy atom. The average Bonchev–Trinajstić information content (AvgIpc) is 3.11. The smallest absolute Gasteiger partial charge is 0.305 e. The van der Waals surface area contributed by atoms with E-state index in [1.807, 2.05) is 19.9 Å². The molecule has 3 heterocycles. The van der Waals surface area contributed by atoms with Crippen molar-refractivity contribution in [3.8, 4) is 17.3 Å². The Labute approximate surface area is 183 Å². The number of carboxylic acid groups (broad SMARTS) is 1. The van der Waals surface area contributed by atoms with Gasteiger partial charge in [-0.05, 0) is 24.0 Å². The molecule has 0 aliphatic heterocycles. The van der Waals surface area contributed by atoms with Gasteiger partial charge in [0.05, 0.1) is 22.7 Å². The summed E-state index contributed by atoms with van der Waals surface area (Å²) in [4.78, 5) is 23.0. The molecule has 0 saturated heterocycles. The topological polar surface area (TPSA) is 115 Å². The lowest BCUT2D eigenvalue weighted by atomic mass is 9.79. The molecule has 160 valence electrons. The normalized spacial score (nSPS) is 12.4. The summed E-state index contributed by atoms with van der Waals surface area (Å²) < 4.78 is 14.8. The number of nitriles is 1. The van der Waals surface area contributed by atoms with Gasteiger partial charge in [0.2, 0.25) is 0 Å². The predicted molar refractivity (Wildman–Crippen MR) is 117 cm³/mol. The standard InChI is InChI=1S/C22H21ClFN5O2/c1-4-5-22(2,3)17(8-18(30)31)28-21-16(24)6-12(9-25)19(29-21)15-11-27-20-14(15)7-13(23)10-26-20/h4,6-7,10-11,17H,1,5,8H2,2-3H3,(H,26,27)(H,28,29)(H,30,31). The molecule has 0 bridgehead atoms. The number of halogens is 2. The molecule has 0 radical (unpaired) electrons. The first-order valence-electron chi connectivity index (χ1n) is 9.49. The number of carboxylic acids is 1. The van der Waals surface area contributed by atoms with Crippen LogP contribution in [-0.4, -0.2) is 32.1 Å². The van der Waals surface area contributed by atoms with E-state index in [2.05, 4.69) is 26.8 Å². The van der Waals surface area contributed by atoms with Crippen LogP contribution < -0.4 is 5.32 Å². The molecule has 1 unspecified atom stereocenters. The SMILES string of the molecule is C=CCC(C)(C)C(CC(=O)O)Nc1nc(-c2c[nH]c3ncc(Cl)cc23)c(C#N)cc1F. The van der Waals surface area contributed by atoms with Gasteiger partial charge in [-0.15, -0.1) is 6.58 Å². The van der Waals surface area contributed by atoms with Gasteiger partial charge in [0.15, 0.2) is 11.6 Å². The van der Waals surface area contributed by atoms with Crippen LogP contribution in [-0.2, 0) is 4.79 Å². The van der Waals surface area contributed by atoms with E-state index in [-0.39, 0.29) is 23.5 Å². The maximum Gasteiger partial charge on any atom is 0.305 e. The summed E-state index contributed by atoms with van der Waals surface area (Å²) in [5.41, 5.74) is 0.798. The zero-order valence-corrected chi connectivity index (χ0v) is 17.8. The third-order valence-corrected chi connectivity index (χ3v) is 5.36. The number of anilines is 1. The van der Waals surface area contributed by atoms with E-state index >= 15 is 0 Å². The Morgan fingerprint density at radius 2 is 2.26 bits per heavy atom. The first-order valence-corrected chi connectivity index (χ1v) is 9.87. The summed E-state index contributed by atoms with van der Waals surface area (Å²) in [6.45, 7) is 7.45. The molecule has 0 amide bonds. The zero-order chi connectivity index (χ0) is 22.8. The second-order valence-corrected chi connectivity index (χ2v) is 8.29. The molecule has 7 nitrogen and oxygen atoms in total. The van der Waals surface area contributed by atoms with E-state index in [1.54, 1.807) is 18.3 Å². The third-order valence-electron chi connectivity index (χ3n) is 5.15. The lowest BCUT2D eigenvalue weighted by molar-refractivity contribution is -0.137. The van der Waals surface area contributed by atoms with E-state index in [0.29, 0.717) is 28.0 Å². The second kappa shape index (κ2) is 8.74. The molecule has 9 heteroatoms. The van der Waals surface area contributed by atoms with Crippen LogP contribution in [0.5, 0.6) is 0 Å². The van der Waals surface area contributed by atoms with Gasteiger partial charge in [-0.1, -0.05) is 31.5 Å². The molecule has 1 atom stereocenters. The maximum absolute atomic E-state index is 14.8. The monoisotopic (exact) mass is 441 g/mol. The number of aromatic nitrogens is 3. The average molecular weight is 442 g/mol. The highest BCUT2D eigenvalue weighted by atomic mass is 35.5. The number of aromatic amines is 1. The molecule has 0 aliphatic rings. The van der Waals surface area contributed by atoms with Crippen molar-refractivity contribution in [2.45, 2.75) is 32.7 Å². The molecule has 0 fully saturated rings. The second-order valence-electron chi connectivity index (χ2n) is 7.85. The van der Waals surface area contributed by atoms with Crippen molar-refractivity contribution in [1.82, 2.24) is 15.0 Å². The Kier molecular flexibility index (Phi) is 6.27. The first kappa shape index (κ1) is 22.2. The molecule has 0 aromatic carbocycles. The highest BCUT2D eigenvalue weighted by Crippen LogP contribution is 2.34. The number of nitrogens with zero attached hydrogens (tertiary/aromatic N) is 3. The van der Waals surface area contributed by atoms with Crippen molar-refractivity contribution in [3.05, 3.63) is 53.6 Å². The number of fused-ring (bicyclic) bond motifs is 1. The fourth-order valence-corrected chi connectivity index (χ4v) is 3.59. The van der Waals surface area contributed by atoms with Crippen molar-refractivity contribution < 1.29 is 14.3 Å². The molecule has 3 aromatic heterocycles. The van der Waals surface area contributed by atoms with Crippen molar-refractivity contribution >= 4 is 34.4 Å². The van der Waals surface area contributed by atoms with E-state index in [9.17, 15) is 19.6 Å². The van der Waals surface area contributed by atoms with Gasteiger partial charge in [0, 0.05) is 29.4 Å². The molecule has 0 spiro atoms. The third kappa shape index (κ3) is 4.67. The van der Waals surface area contributed by atoms with Crippen molar-refractivity contribution in [3.63, 3.8) is 0 Å². The van der Waals surface area contributed by atoms with Gasteiger partial charge in [0.25, 0.3) is 0 Å². The summed E-state index contributed by atoms with van der Waals surface area (Å²) >= 11 is 6.06. The number of pyridine rings is 2. The molecule has 3 aromatic rings. The first-order chi connectivity index (χ1) is 14.7. The van der Waals surface area contributed by atoms with Crippen molar-refractivity contribution in [2.24, 2.45) is 5.41 Å². The number of rotatable bonds is 8. The quantitative estimate of drug-likeness (QED) is 0.416. The number of aliphatic carboxylic acids is 1. The lowest BCUT2D eigenvalue weighted by Crippen LogP contribution is -2.38. The number of allylic oxidation sites excluding steroid dienone is 1. The predicted octanol–water partition coefficient (Wildman–Crippen LogP) is 5.15. The number of H-pyrrole nitrogens is 1. The summed E-state index contributed by atoms with van der Waals surface area (Å²) in [6, 6.07) is 4.09. The fourth-order valence-electron chi connectivity index (χ4n) is 3.43. The van der Waals surface area contributed by atoms with Crippen LogP contribution >= 0.6 is 11.6 Å². The highest BCUT2D eigenvalue weighted by molar-refractivity contribution is 6.31. The molecule has 0 saturated carbocycles. The van der Waals surface area contributed by atoms with Crippen LogP contribution in [0.2, 0.25) is 5.02 Å². The number of carbonyl (C=O) groups is 1. The van der Waals surface area contributed by atoms with Crippen LogP contribution in [0.15, 0.2) is 37.2 Å². The largest absolute Gasteiger partial charge is 0.481 e. The van der Waals surface area contributed by atoms with Gasteiger partial charge in [0.1, 0.15) is 11.7 Å². The number of nitrogens with one attached hydrogen (secondary N) is 2. The maximum atomic E-state index is 14.8. The van der Waals surface area contributed by atoms with Crippen LogP contribution in [0.4, 0.5) is 10.2 Å². The number of hydrogen-bond acceptors (Lipinski definition) is 5. The summed E-state index contributed by atoms with van der Waals surface area (Å²) in [6.07, 6.45) is 5.06. The lowest BCUT2D eigenvalue weighted by Gasteiger charge is -2.34. The van der Waals surface area contributed by atoms with Crippen LogP contribution in [0, 0.1) is 22.6 Å². The van der Waals surface area contributed by atoms with Crippen molar-refractivity contribution in [1.29, 1.82) is 5.26 Å². The highest BCUT2D eigenvalue weighted by Gasteiger charge is 2.31. The summed E-state index contributed by atoms with van der Waals surface area (Å²) in [5.74, 6) is -1.91. The molecule has 31 heavy (non-hydrogen) atoms. The minimum atomic E-state index is -1.03. The molecular formula is C22H21ClFN5O2. The van der Waals surface area contributed by atoms with Gasteiger partial charge >= 0.3 is 5.97 Å². The number of hydrogen-bond donors (Lipinski definition) is 3. The van der Waals surface area contributed by atoms with Gasteiger partial charge < -0.3 is 15.4 Å². The minimum absolute atomic E-state index is 0.0315. The van der Waals surface area contributed by atoms with Crippen LogP contribution in [0.25, 0.3) is 22.3 Å². The Hall–Kier alpha value is -3.44. The van der Waals surface area contributed by atoms with E-state index < -0.39 is 23.2 Å². The summed E-state index contributed by atoms with van der Waals surface area (Å²) in [5, 5.41) is 22.9. The van der Waals surface area contributed by atoms with Gasteiger partial charge in [-0.3, -0.25) is 4.79 Å². The van der Waals surface area contributed by atoms with E-state index in [1.165, 1.54) is 6.20 Å². The summed E-state index contributed by atoms with van der Waals surface area (Å²) in [7, 11) is 0. The van der Waals surface area contributed by atoms with Crippen molar-refractivity contribution in [2.75, 3.05) is 5.32 Å².